The maximum atomic E-state index is 4.75. The number of anilines is 1. The van der Waals surface area contributed by atoms with Gasteiger partial charge in [-0.25, -0.2) is 9.97 Å². The number of nitrogens with zero attached hydrogens (tertiary/aromatic N) is 3. The highest BCUT2D eigenvalue weighted by molar-refractivity contribution is 7.09. The summed E-state index contributed by atoms with van der Waals surface area (Å²) in [4.78, 5) is 10.4. The molecule has 0 saturated carbocycles. The molecule has 1 aromatic carbocycles. The predicted octanol–water partition coefficient (Wildman–Crippen LogP) is 4.07. The molecule has 0 amide bonds. The van der Waals surface area contributed by atoms with E-state index in [1.807, 2.05) is 35.0 Å². The number of nitrogens with one attached hydrogen (secondary N) is 1. The summed E-state index contributed by atoms with van der Waals surface area (Å²) >= 11 is 1.73. The average molecular weight is 306 g/mol. The zero-order valence-electron chi connectivity index (χ0n) is 11.8. The van der Waals surface area contributed by atoms with E-state index in [-0.39, 0.29) is 0 Å². The number of hydrogen-bond acceptors (Lipinski definition) is 4. The SMILES string of the molecule is c1ccc(-c2cn3ccnc3c(NCc3cccs3)n2)cc1. The molecule has 0 radical (unpaired) electrons. The van der Waals surface area contributed by atoms with Crippen molar-refractivity contribution in [3.63, 3.8) is 0 Å². The van der Waals surface area contributed by atoms with Crippen LogP contribution in [0, 0.1) is 0 Å². The number of thiophene rings is 1. The fraction of sp³-hybridized carbons (Fsp3) is 0.0588. The number of fused-ring (bicyclic) bond motifs is 1. The molecule has 3 aromatic heterocycles. The van der Waals surface area contributed by atoms with Crippen LogP contribution in [0.2, 0.25) is 0 Å². The first-order valence-corrected chi connectivity index (χ1v) is 7.93. The fourth-order valence-corrected chi connectivity index (χ4v) is 3.03. The van der Waals surface area contributed by atoms with Gasteiger partial charge in [0.15, 0.2) is 11.5 Å². The molecule has 108 valence electrons. The summed E-state index contributed by atoms with van der Waals surface area (Å²) in [6.07, 6.45) is 5.75. The number of benzene rings is 1. The summed E-state index contributed by atoms with van der Waals surface area (Å²) in [5.41, 5.74) is 2.87. The lowest BCUT2D eigenvalue weighted by molar-refractivity contribution is 1.09. The van der Waals surface area contributed by atoms with Crippen LogP contribution in [-0.4, -0.2) is 14.4 Å². The van der Waals surface area contributed by atoms with Gasteiger partial charge in [0.1, 0.15) is 0 Å². The Hall–Kier alpha value is -2.66. The minimum Gasteiger partial charge on any atom is -0.362 e. The molecule has 4 rings (SSSR count). The number of aromatic nitrogens is 3. The maximum Gasteiger partial charge on any atom is 0.180 e. The summed E-state index contributed by atoms with van der Waals surface area (Å²) in [5.74, 6) is 0.805. The van der Waals surface area contributed by atoms with Gasteiger partial charge in [-0.3, -0.25) is 0 Å². The quantitative estimate of drug-likeness (QED) is 0.618. The maximum absolute atomic E-state index is 4.75. The smallest absolute Gasteiger partial charge is 0.180 e. The largest absolute Gasteiger partial charge is 0.362 e. The molecule has 0 unspecified atom stereocenters. The van der Waals surface area contributed by atoms with Crippen LogP contribution < -0.4 is 5.32 Å². The van der Waals surface area contributed by atoms with E-state index in [1.54, 1.807) is 17.5 Å². The highest BCUT2D eigenvalue weighted by atomic mass is 32.1. The third kappa shape index (κ3) is 2.46. The van der Waals surface area contributed by atoms with Crippen molar-refractivity contribution in [2.24, 2.45) is 0 Å². The van der Waals surface area contributed by atoms with Gasteiger partial charge in [-0.15, -0.1) is 11.3 Å². The Balaban J connectivity index is 1.74. The predicted molar refractivity (Wildman–Crippen MR) is 90.1 cm³/mol. The van der Waals surface area contributed by atoms with Gasteiger partial charge in [0.25, 0.3) is 0 Å². The third-order valence-electron chi connectivity index (χ3n) is 3.45. The zero-order valence-corrected chi connectivity index (χ0v) is 12.6. The molecular formula is C17H14N4S. The van der Waals surface area contributed by atoms with Crippen molar-refractivity contribution in [1.82, 2.24) is 14.4 Å². The normalized spacial score (nSPS) is 10.9. The molecule has 0 bridgehead atoms. The van der Waals surface area contributed by atoms with Crippen LogP contribution in [0.15, 0.2) is 66.4 Å². The molecule has 0 aliphatic heterocycles. The van der Waals surface area contributed by atoms with Crippen LogP contribution >= 0.6 is 11.3 Å². The molecule has 0 aliphatic carbocycles. The van der Waals surface area contributed by atoms with Gasteiger partial charge >= 0.3 is 0 Å². The highest BCUT2D eigenvalue weighted by Gasteiger charge is 2.09. The number of hydrogen-bond donors (Lipinski definition) is 1. The Morgan fingerprint density at radius 1 is 1.09 bits per heavy atom. The van der Waals surface area contributed by atoms with Crippen molar-refractivity contribution in [2.45, 2.75) is 6.54 Å². The van der Waals surface area contributed by atoms with Gasteiger partial charge in [-0.1, -0.05) is 36.4 Å². The van der Waals surface area contributed by atoms with E-state index >= 15 is 0 Å². The summed E-state index contributed by atoms with van der Waals surface area (Å²) in [5, 5.41) is 5.48. The summed E-state index contributed by atoms with van der Waals surface area (Å²) in [6, 6.07) is 14.3. The van der Waals surface area contributed by atoms with Crippen molar-refractivity contribution < 1.29 is 0 Å². The topological polar surface area (TPSA) is 42.2 Å². The second kappa shape index (κ2) is 5.61. The first kappa shape index (κ1) is 13.0. The minimum atomic E-state index is 0.755. The minimum absolute atomic E-state index is 0.755. The number of rotatable bonds is 4. The molecule has 1 N–H and O–H groups in total. The third-order valence-corrected chi connectivity index (χ3v) is 4.33. The van der Waals surface area contributed by atoms with Gasteiger partial charge in [-0.2, -0.15) is 0 Å². The second-order valence-electron chi connectivity index (χ2n) is 4.93. The van der Waals surface area contributed by atoms with Crippen LogP contribution in [0.3, 0.4) is 0 Å². The lowest BCUT2D eigenvalue weighted by Gasteiger charge is -2.09. The first-order valence-electron chi connectivity index (χ1n) is 7.05. The van der Waals surface area contributed by atoms with E-state index in [4.69, 9.17) is 4.98 Å². The van der Waals surface area contributed by atoms with E-state index in [2.05, 4.69) is 39.9 Å². The standard InChI is InChI=1S/C17H14N4S/c1-2-5-13(6-3-1)15-12-21-9-8-18-17(21)16(20-15)19-11-14-7-4-10-22-14/h1-10,12H,11H2,(H,19,20). The Kier molecular flexibility index (Phi) is 3.33. The van der Waals surface area contributed by atoms with Crippen molar-refractivity contribution in [2.75, 3.05) is 5.32 Å². The van der Waals surface area contributed by atoms with E-state index in [9.17, 15) is 0 Å². The van der Waals surface area contributed by atoms with E-state index < -0.39 is 0 Å². The molecular weight excluding hydrogens is 292 g/mol. The first-order chi connectivity index (χ1) is 10.9. The Morgan fingerprint density at radius 2 is 2.00 bits per heavy atom. The highest BCUT2D eigenvalue weighted by Crippen LogP contribution is 2.22. The van der Waals surface area contributed by atoms with Crippen molar-refractivity contribution >= 4 is 22.8 Å². The van der Waals surface area contributed by atoms with Crippen LogP contribution in [0.1, 0.15) is 4.88 Å². The van der Waals surface area contributed by atoms with Gasteiger partial charge < -0.3 is 9.72 Å². The van der Waals surface area contributed by atoms with Crippen LogP contribution in [0.5, 0.6) is 0 Å². The molecule has 3 heterocycles. The summed E-state index contributed by atoms with van der Waals surface area (Å²) in [6.45, 7) is 0.755. The zero-order chi connectivity index (χ0) is 14.8. The molecule has 0 saturated heterocycles. The molecule has 0 fully saturated rings. The second-order valence-corrected chi connectivity index (χ2v) is 5.96. The van der Waals surface area contributed by atoms with Crippen molar-refractivity contribution in [3.8, 4) is 11.3 Å². The van der Waals surface area contributed by atoms with Crippen molar-refractivity contribution in [1.29, 1.82) is 0 Å². The van der Waals surface area contributed by atoms with Gasteiger partial charge in [-0.05, 0) is 11.4 Å². The van der Waals surface area contributed by atoms with Crippen molar-refractivity contribution in [3.05, 3.63) is 71.3 Å². The monoisotopic (exact) mass is 306 g/mol. The molecule has 5 heteroatoms. The Labute approximate surface area is 132 Å². The van der Waals surface area contributed by atoms with Crippen LogP contribution in [0.25, 0.3) is 16.9 Å². The average Bonchev–Trinajstić information content (AvgIpc) is 3.24. The lowest BCUT2D eigenvalue weighted by Crippen LogP contribution is -2.04. The van der Waals surface area contributed by atoms with Crippen LogP contribution in [-0.2, 0) is 6.54 Å². The van der Waals surface area contributed by atoms with Crippen LogP contribution in [0.4, 0.5) is 5.82 Å². The van der Waals surface area contributed by atoms with Gasteiger partial charge in [0.2, 0.25) is 0 Å². The molecule has 0 spiro atoms. The summed E-state index contributed by atoms with van der Waals surface area (Å²) < 4.78 is 2.01. The van der Waals surface area contributed by atoms with E-state index in [0.717, 1.165) is 29.3 Å². The molecule has 0 atom stereocenters. The summed E-state index contributed by atoms with van der Waals surface area (Å²) in [7, 11) is 0. The molecule has 22 heavy (non-hydrogen) atoms. The molecule has 4 aromatic rings. The number of imidazole rings is 1. The van der Waals surface area contributed by atoms with E-state index in [1.165, 1.54) is 4.88 Å². The lowest BCUT2D eigenvalue weighted by atomic mass is 10.2. The Bertz CT molecular complexity index is 882. The fourth-order valence-electron chi connectivity index (χ4n) is 2.38. The molecule has 0 aliphatic rings. The van der Waals surface area contributed by atoms with Gasteiger partial charge in [0, 0.05) is 29.0 Å². The van der Waals surface area contributed by atoms with E-state index in [0.29, 0.717) is 0 Å². The Morgan fingerprint density at radius 3 is 2.82 bits per heavy atom. The van der Waals surface area contributed by atoms with Gasteiger partial charge in [0.05, 0.1) is 12.2 Å². The molecule has 4 nitrogen and oxygen atoms in total.